The number of fused-ring (bicyclic) bond motifs is 4. The minimum absolute atomic E-state index is 0.0403. The first-order valence-electron chi connectivity index (χ1n) is 14.6. The molecule has 39 heavy (non-hydrogen) atoms. The van der Waals surface area contributed by atoms with E-state index in [1.165, 1.54) is 54.3 Å². The van der Waals surface area contributed by atoms with Crippen molar-refractivity contribution in [2.45, 2.75) is 51.5 Å². The number of rotatable bonds is 6. The fourth-order valence-electron chi connectivity index (χ4n) is 5.76. The molecule has 2 heterocycles. The molecule has 3 aromatic carbocycles. The fraction of sp³-hybridized carbons (Fsp3) is 0.382. The average molecular weight is 522 g/mol. The number of para-hydroxylation sites is 1. The van der Waals surface area contributed by atoms with Crippen molar-refractivity contribution in [1.29, 1.82) is 0 Å². The van der Waals surface area contributed by atoms with Crippen LogP contribution in [-0.4, -0.2) is 42.0 Å². The van der Waals surface area contributed by atoms with E-state index in [0.29, 0.717) is 18.7 Å². The van der Waals surface area contributed by atoms with Gasteiger partial charge in [0.1, 0.15) is 5.75 Å². The van der Waals surface area contributed by atoms with Crippen LogP contribution < -0.4 is 10.1 Å². The smallest absolute Gasteiger partial charge is 0.251 e. The first-order valence-corrected chi connectivity index (χ1v) is 14.6. The monoisotopic (exact) mass is 521 g/mol. The minimum Gasteiger partial charge on any atom is -0.493 e. The molecular formula is C34H39N3O2. The van der Waals surface area contributed by atoms with Gasteiger partial charge < -0.3 is 15.0 Å². The number of aromatic amines is 1. The molecule has 6 rings (SSSR count). The van der Waals surface area contributed by atoms with Gasteiger partial charge in [-0.05, 0) is 97.5 Å². The van der Waals surface area contributed by atoms with Crippen molar-refractivity contribution in [1.82, 2.24) is 15.2 Å². The summed E-state index contributed by atoms with van der Waals surface area (Å²) in [4.78, 5) is 19.1. The van der Waals surface area contributed by atoms with Gasteiger partial charge in [0.25, 0.3) is 5.91 Å². The van der Waals surface area contributed by atoms with E-state index < -0.39 is 0 Å². The summed E-state index contributed by atoms with van der Waals surface area (Å²) >= 11 is 0. The number of benzene rings is 3. The molecule has 2 aliphatic rings. The Labute approximate surface area is 231 Å². The maximum atomic E-state index is 13.1. The highest BCUT2D eigenvalue weighted by Crippen LogP contribution is 2.31. The van der Waals surface area contributed by atoms with Crippen LogP contribution in [-0.2, 0) is 19.4 Å². The van der Waals surface area contributed by atoms with Crippen molar-refractivity contribution >= 4 is 16.8 Å². The van der Waals surface area contributed by atoms with Crippen LogP contribution in [0.25, 0.3) is 10.9 Å². The Morgan fingerprint density at radius 2 is 1.87 bits per heavy atom. The summed E-state index contributed by atoms with van der Waals surface area (Å²) in [5.41, 5.74) is 6.74. The molecule has 5 nitrogen and oxygen atoms in total. The third-order valence-electron chi connectivity index (χ3n) is 8.06. The van der Waals surface area contributed by atoms with Gasteiger partial charge in [-0.25, -0.2) is 0 Å². The predicted molar refractivity (Wildman–Crippen MR) is 157 cm³/mol. The van der Waals surface area contributed by atoms with Crippen molar-refractivity contribution < 1.29 is 9.53 Å². The fourth-order valence-corrected chi connectivity index (χ4v) is 5.76. The van der Waals surface area contributed by atoms with Crippen LogP contribution in [0.5, 0.6) is 5.75 Å². The predicted octanol–water partition coefficient (Wildman–Crippen LogP) is 6.51. The molecule has 0 spiro atoms. The Bertz CT molecular complexity index is 1420. The Hall–Kier alpha value is -3.57. The molecule has 1 saturated carbocycles. The summed E-state index contributed by atoms with van der Waals surface area (Å²) in [6, 6.07) is 23.1. The molecule has 1 aromatic heterocycles. The molecule has 2 N–H and O–H groups in total. The van der Waals surface area contributed by atoms with Gasteiger partial charge in [-0.3, -0.25) is 9.69 Å². The lowest BCUT2D eigenvalue weighted by Crippen LogP contribution is -2.27. The summed E-state index contributed by atoms with van der Waals surface area (Å²) in [7, 11) is 0. The minimum atomic E-state index is -0.0403. The molecule has 4 aromatic rings. The normalized spacial score (nSPS) is 16.7. The number of H-pyrrole nitrogens is 1. The van der Waals surface area contributed by atoms with Crippen molar-refractivity contribution in [3.8, 4) is 5.75 Å². The van der Waals surface area contributed by atoms with Crippen molar-refractivity contribution in [2.24, 2.45) is 5.92 Å². The van der Waals surface area contributed by atoms with Crippen LogP contribution in [0.4, 0.5) is 0 Å². The molecule has 0 saturated heterocycles. The highest BCUT2D eigenvalue weighted by molar-refractivity contribution is 5.94. The number of amides is 1. The number of ether oxygens (including phenoxy) is 1. The van der Waals surface area contributed by atoms with Crippen LogP contribution >= 0.6 is 0 Å². The van der Waals surface area contributed by atoms with Crippen LogP contribution in [0, 0.1) is 5.92 Å². The Morgan fingerprint density at radius 3 is 2.79 bits per heavy atom. The van der Waals surface area contributed by atoms with Gasteiger partial charge in [0.15, 0.2) is 0 Å². The molecule has 1 aliphatic heterocycles. The van der Waals surface area contributed by atoms with E-state index in [-0.39, 0.29) is 5.91 Å². The highest BCUT2D eigenvalue weighted by Gasteiger charge is 2.24. The zero-order valence-corrected chi connectivity index (χ0v) is 22.8. The third kappa shape index (κ3) is 6.72. The lowest BCUT2D eigenvalue weighted by atomic mass is 9.99. The zero-order chi connectivity index (χ0) is 26.4. The zero-order valence-electron chi connectivity index (χ0n) is 22.8. The van der Waals surface area contributed by atoms with Gasteiger partial charge in [-0.2, -0.15) is 0 Å². The molecular weight excluding hydrogens is 482 g/mol. The van der Waals surface area contributed by atoms with Gasteiger partial charge in [-0.15, -0.1) is 0 Å². The van der Waals surface area contributed by atoms with Crippen LogP contribution in [0.1, 0.15) is 64.7 Å². The molecule has 2 bridgehead atoms. The van der Waals surface area contributed by atoms with E-state index in [1.54, 1.807) is 0 Å². The molecule has 0 atom stereocenters. The van der Waals surface area contributed by atoms with Crippen LogP contribution in [0.3, 0.4) is 0 Å². The SMILES string of the molecule is O=C(NCCc1c[nH]c2ccccc12)c1ccc2c(c1)Cc1cccc(c1)CN(CC1CC1)CCCCCO2. The van der Waals surface area contributed by atoms with E-state index >= 15 is 0 Å². The quantitative estimate of drug-likeness (QED) is 0.304. The molecule has 1 fully saturated rings. The number of hydrogen-bond acceptors (Lipinski definition) is 3. The second-order valence-corrected chi connectivity index (χ2v) is 11.3. The molecule has 1 aliphatic carbocycles. The van der Waals surface area contributed by atoms with Gasteiger partial charge in [0.05, 0.1) is 6.61 Å². The lowest BCUT2D eigenvalue weighted by Gasteiger charge is -2.23. The van der Waals surface area contributed by atoms with E-state index in [4.69, 9.17) is 4.74 Å². The Morgan fingerprint density at radius 1 is 0.974 bits per heavy atom. The summed E-state index contributed by atoms with van der Waals surface area (Å²) < 4.78 is 6.26. The molecule has 202 valence electrons. The topological polar surface area (TPSA) is 57.4 Å². The number of nitrogens with zero attached hydrogens (tertiary/aromatic N) is 1. The lowest BCUT2D eigenvalue weighted by molar-refractivity contribution is 0.0954. The second kappa shape index (κ2) is 12.1. The van der Waals surface area contributed by atoms with Crippen LogP contribution in [0.15, 0.2) is 72.9 Å². The summed E-state index contributed by atoms with van der Waals surface area (Å²) in [5, 5.41) is 4.34. The van der Waals surface area contributed by atoms with E-state index in [2.05, 4.69) is 57.7 Å². The van der Waals surface area contributed by atoms with E-state index in [1.807, 2.05) is 30.5 Å². The van der Waals surface area contributed by atoms with Crippen molar-refractivity contribution in [3.05, 3.63) is 101 Å². The van der Waals surface area contributed by atoms with E-state index in [9.17, 15) is 4.79 Å². The Balaban J connectivity index is 1.16. The summed E-state index contributed by atoms with van der Waals surface area (Å²) in [5.74, 6) is 1.75. The standard InChI is InChI=1S/C34H39N3O2/c38-34(35-16-15-29-22-36-32-10-3-2-9-31(29)32)28-13-14-33-30(21-28)20-26-7-6-8-27(19-26)24-37(23-25-11-12-25)17-4-1-5-18-39-33/h2-3,6-10,13-14,19,21-22,25,36H,1,4-5,11-12,15-18,20,23-24H2,(H,35,38). The first-order chi connectivity index (χ1) is 19.2. The molecule has 0 unspecified atom stereocenters. The molecule has 1 amide bonds. The van der Waals surface area contributed by atoms with Crippen LogP contribution in [0.2, 0.25) is 0 Å². The maximum absolute atomic E-state index is 13.1. The molecule has 0 radical (unpaired) electrons. The van der Waals surface area contributed by atoms with Gasteiger partial charge in [0, 0.05) is 48.7 Å². The van der Waals surface area contributed by atoms with Gasteiger partial charge in [0.2, 0.25) is 0 Å². The van der Waals surface area contributed by atoms with Gasteiger partial charge >= 0.3 is 0 Å². The maximum Gasteiger partial charge on any atom is 0.251 e. The third-order valence-corrected chi connectivity index (χ3v) is 8.06. The Kier molecular flexibility index (Phi) is 7.96. The number of nitrogens with one attached hydrogen (secondary N) is 2. The van der Waals surface area contributed by atoms with E-state index in [0.717, 1.165) is 55.1 Å². The van der Waals surface area contributed by atoms with Crippen molar-refractivity contribution in [2.75, 3.05) is 26.2 Å². The summed E-state index contributed by atoms with van der Waals surface area (Å²) in [6.45, 7) is 4.71. The summed E-state index contributed by atoms with van der Waals surface area (Å²) in [6.07, 6.45) is 9.79. The number of carbonyl (C=O) groups is 1. The largest absolute Gasteiger partial charge is 0.493 e. The second-order valence-electron chi connectivity index (χ2n) is 11.3. The van der Waals surface area contributed by atoms with Crippen molar-refractivity contribution in [3.63, 3.8) is 0 Å². The number of carbonyl (C=O) groups excluding carboxylic acids is 1. The number of hydrogen-bond donors (Lipinski definition) is 2. The van der Waals surface area contributed by atoms with Gasteiger partial charge in [-0.1, -0.05) is 42.5 Å². The number of aromatic nitrogens is 1. The highest BCUT2D eigenvalue weighted by atomic mass is 16.5. The first kappa shape index (κ1) is 25.7. The molecule has 5 heteroatoms. The average Bonchev–Trinajstić information content (AvgIpc) is 3.68.